The van der Waals surface area contributed by atoms with E-state index < -0.39 is 0 Å². The molecule has 0 fully saturated rings. The Morgan fingerprint density at radius 2 is 2.00 bits per heavy atom. The van der Waals surface area contributed by atoms with E-state index in [-0.39, 0.29) is 5.78 Å². The number of carbonyl (C=O) groups excluding carboxylic acids is 1. The molecule has 1 aliphatic carbocycles. The predicted molar refractivity (Wildman–Crippen MR) is 75.4 cm³/mol. The third kappa shape index (κ3) is 2.23. The minimum atomic E-state index is 0.0658. The molecule has 2 heteroatoms. The Bertz CT molecular complexity index is 607. The summed E-state index contributed by atoms with van der Waals surface area (Å²) in [5.41, 5.74) is 3.99. The van der Waals surface area contributed by atoms with Crippen LogP contribution in [-0.4, -0.2) is 5.78 Å². The number of aryl methyl sites for hydroxylation is 1. The molecule has 0 amide bonds. The number of ketones is 1. The van der Waals surface area contributed by atoms with Crippen molar-refractivity contribution in [2.24, 2.45) is 0 Å². The average Bonchev–Trinajstić information content (AvgIpc) is 2.95. The van der Waals surface area contributed by atoms with Gasteiger partial charge in [0.25, 0.3) is 0 Å². The van der Waals surface area contributed by atoms with E-state index in [2.05, 4.69) is 18.2 Å². The van der Waals surface area contributed by atoms with Crippen LogP contribution >= 0.6 is 0 Å². The van der Waals surface area contributed by atoms with Crippen molar-refractivity contribution in [2.75, 3.05) is 0 Å². The van der Waals surface area contributed by atoms with E-state index in [1.807, 2.05) is 13.0 Å². The van der Waals surface area contributed by atoms with Gasteiger partial charge in [0.05, 0.1) is 0 Å². The Morgan fingerprint density at radius 3 is 2.84 bits per heavy atom. The first-order valence-electron chi connectivity index (χ1n) is 7.03. The van der Waals surface area contributed by atoms with Gasteiger partial charge in [0.1, 0.15) is 5.76 Å². The molecule has 1 aromatic carbocycles. The van der Waals surface area contributed by atoms with Crippen LogP contribution in [0.2, 0.25) is 0 Å². The normalized spacial score (nSPS) is 14.2. The van der Waals surface area contributed by atoms with Crippen LogP contribution in [0.25, 0.3) is 11.3 Å². The van der Waals surface area contributed by atoms with Gasteiger partial charge < -0.3 is 4.42 Å². The lowest BCUT2D eigenvalue weighted by Crippen LogP contribution is -2.03. The lowest BCUT2D eigenvalue weighted by atomic mass is 9.87. The number of hydrogen-bond acceptors (Lipinski definition) is 2. The van der Waals surface area contributed by atoms with E-state index >= 15 is 0 Å². The maximum Gasteiger partial charge on any atom is 0.197 e. The Hall–Kier alpha value is -1.83. The molecule has 0 radical (unpaired) electrons. The van der Waals surface area contributed by atoms with Crippen LogP contribution in [0.4, 0.5) is 0 Å². The quantitative estimate of drug-likeness (QED) is 0.759. The van der Waals surface area contributed by atoms with Crippen molar-refractivity contribution < 1.29 is 9.21 Å². The maximum absolute atomic E-state index is 11.7. The van der Waals surface area contributed by atoms with Crippen molar-refractivity contribution in [2.45, 2.75) is 39.0 Å². The third-order valence-electron chi connectivity index (χ3n) is 3.86. The molecule has 0 saturated carbocycles. The molecule has 2 nitrogen and oxygen atoms in total. The average molecular weight is 254 g/mol. The minimum Gasteiger partial charge on any atom is -0.453 e. The van der Waals surface area contributed by atoms with E-state index in [0.29, 0.717) is 12.2 Å². The fourth-order valence-corrected chi connectivity index (χ4v) is 2.82. The topological polar surface area (TPSA) is 30.2 Å². The number of rotatable bonds is 3. The molecule has 98 valence electrons. The summed E-state index contributed by atoms with van der Waals surface area (Å²) in [6, 6.07) is 10.1. The molecule has 3 rings (SSSR count). The summed E-state index contributed by atoms with van der Waals surface area (Å²) < 4.78 is 5.74. The van der Waals surface area contributed by atoms with E-state index in [0.717, 1.165) is 24.2 Å². The molecule has 0 saturated heterocycles. The number of hydrogen-bond donors (Lipinski definition) is 0. The fraction of sp³-hybridized carbons (Fsp3) is 0.353. The SMILES string of the molecule is CCC(=O)c1ccc(-c2cccc3c2CCCC3)o1. The van der Waals surface area contributed by atoms with Crippen LogP contribution in [0.15, 0.2) is 34.7 Å². The Labute approximate surface area is 113 Å². The lowest BCUT2D eigenvalue weighted by molar-refractivity contribution is 0.0962. The number of benzene rings is 1. The van der Waals surface area contributed by atoms with Crippen molar-refractivity contribution >= 4 is 5.78 Å². The molecule has 19 heavy (non-hydrogen) atoms. The summed E-state index contributed by atoms with van der Waals surface area (Å²) >= 11 is 0. The molecule has 1 aliphatic rings. The third-order valence-corrected chi connectivity index (χ3v) is 3.86. The monoisotopic (exact) mass is 254 g/mol. The van der Waals surface area contributed by atoms with Crippen molar-refractivity contribution in [3.05, 3.63) is 47.2 Å². The molecule has 1 heterocycles. The van der Waals surface area contributed by atoms with E-state index in [1.54, 1.807) is 6.07 Å². The molecule has 0 N–H and O–H groups in total. The van der Waals surface area contributed by atoms with Crippen molar-refractivity contribution in [1.29, 1.82) is 0 Å². The Morgan fingerprint density at radius 1 is 1.16 bits per heavy atom. The van der Waals surface area contributed by atoms with Crippen molar-refractivity contribution in [3.63, 3.8) is 0 Å². The molecule has 0 bridgehead atoms. The Balaban J connectivity index is 2.02. The molecule has 2 aromatic rings. The minimum absolute atomic E-state index is 0.0658. The lowest BCUT2D eigenvalue weighted by Gasteiger charge is -2.18. The first-order valence-corrected chi connectivity index (χ1v) is 7.03. The fourth-order valence-electron chi connectivity index (χ4n) is 2.82. The highest BCUT2D eigenvalue weighted by molar-refractivity contribution is 5.93. The van der Waals surface area contributed by atoms with E-state index in [9.17, 15) is 4.79 Å². The van der Waals surface area contributed by atoms with Crippen LogP contribution in [0.1, 0.15) is 47.9 Å². The summed E-state index contributed by atoms with van der Waals surface area (Å²) in [5.74, 6) is 1.37. The molecular formula is C17H18O2. The summed E-state index contributed by atoms with van der Waals surface area (Å²) in [4.78, 5) is 11.7. The van der Waals surface area contributed by atoms with Gasteiger partial charge in [-0.3, -0.25) is 4.79 Å². The second-order valence-electron chi connectivity index (χ2n) is 5.09. The maximum atomic E-state index is 11.7. The summed E-state index contributed by atoms with van der Waals surface area (Å²) in [5, 5.41) is 0. The van der Waals surface area contributed by atoms with E-state index in [4.69, 9.17) is 4.42 Å². The van der Waals surface area contributed by atoms with Gasteiger partial charge in [-0.1, -0.05) is 25.1 Å². The van der Waals surface area contributed by atoms with Gasteiger partial charge in [-0.2, -0.15) is 0 Å². The van der Waals surface area contributed by atoms with Crippen LogP contribution < -0.4 is 0 Å². The van der Waals surface area contributed by atoms with E-state index in [1.165, 1.54) is 24.0 Å². The zero-order valence-corrected chi connectivity index (χ0v) is 11.2. The standard InChI is InChI=1S/C17H18O2/c1-2-15(18)17-11-10-16(19-17)14-9-5-7-12-6-3-4-8-13(12)14/h5,7,9-11H,2-4,6,8H2,1H3. The van der Waals surface area contributed by atoms with Crippen LogP contribution in [0, 0.1) is 0 Å². The zero-order chi connectivity index (χ0) is 13.2. The van der Waals surface area contributed by atoms with Gasteiger partial charge in [-0.25, -0.2) is 0 Å². The highest BCUT2D eigenvalue weighted by atomic mass is 16.3. The highest BCUT2D eigenvalue weighted by Gasteiger charge is 2.17. The molecule has 0 aliphatic heterocycles. The zero-order valence-electron chi connectivity index (χ0n) is 11.2. The highest BCUT2D eigenvalue weighted by Crippen LogP contribution is 2.32. The van der Waals surface area contributed by atoms with Gasteiger partial charge in [0.2, 0.25) is 0 Å². The summed E-state index contributed by atoms with van der Waals surface area (Å²) in [6.45, 7) is 1.86. The molecule has 0 atom stereocenters. The van der Waals surface area contributed by atoms with Crippen LogP contribution in [0.3, 0.4) is 0 Å². The second kappa shape index (κ2) is 5.04. The van der Waals surface area contributed by atoms with Gasteiger partial charge in [-0.15, -0.1) is 0 Å². The summed E-state index contributed by atoms with van der Waals surface area (Å²) in [6.07, 6.45) is 5.27. The van der Waals surface area contributed by atoms with Gasteiger partial charge in [0.15, 0.2) is 11.5 Å². The number of fused-ring (bicyclic) bond motifs is 1. The van der Waals surface area contributed by atoms with Crippen molar-refractivity contribution in [3.8, 4) is 11.3 Å². The predicted octanol–water partition coefficient (Wildman–Crippen LogP) is 4.42. The molecular weight excluding hydrogens is 236 g/mol. The molecule has 0 unspecified atom stereocenters. The molecule has 0 spiro atoms. The first-order chi connectivity index (χ1) is 9.29. The van der Waals surface area contributed by atoms with Gasteiger partial charge >= 0.3 is 0 Å². The number of Topliss-reactive ketones (excluding diaryl/α,β-unsaturated/α-hetero) is 1. The van der Waals surface area contributed by atoms with Crippen molar-refractivity contribution in [1.82, 2.24) is 0 Å². The second-order valence-corrected chi connectivity index (χ2v) is 5.09. The van der Waals surface area contributed by atoms with Crippen LogP contribution in [-0.2, 0) is 12.8 Å². The largest absolute Gasteiger partial charge is 0.453 e. The summed E-state index contributed by atoms with van der Waals surface area (Å²) in [7, 11) is 0. The number of carbonyl (C=O) groups is 1. The van der Waals surface area contributed by atoms with Crippen LogP contribution in [0.5, 0.6) is 0 Å². The number of furan rings is 1. The van der Waals surface area contributed by atoms with Gasteiger partial charge in [-0.05, 0) is 48.9 Å². The molecule has 1 aromatic heterocycles. The Kier molecular flexibility index (Phi) is 3.24. The van der Waals surface area contributed by atoms with Gasteiger partial charge in [0, 0.05) is 12.0 Å². The first kappa shape index (κ1) is 12.2. The smallest absolute Gasteiger partial charge is 0.197 e.